The van der Waals surface area contributed by atoms with Gasteiger partial charge in [-0.2, -0.15) is 64.7 Å². The first kappa shape index (κ1) is 79.7. The minimum absolute atomic E-state index is 1.26. The Labute approximate surface area is 524 Å². The molecule has 0 unspecified atom stereocenters. The third kappa shape index (κ3) is 20.7. The van der Waals surface area contributed by atoms with Crippen molar-refractivity contribution in [1.29, 1.82) is 0 Å². The number of nitrogens with one attached hydrogen (secondary N) is 3. The van der Waals surface area contributed by atoms with E-state index in [0.717, 1.165) is 0 Å². The molecule has 94 heavy (non-hydrogen) atoms. The molecule has 6 aliphatic rings. The summed E-state index contributed by atoms with van der Waals surface area (Å²) in [5.74, 6) is -6.71. The molecule has 30 atom stereocenters. The van der Waals surface area contributed by atoms with Gasteiger partial charge in [0.15, 0.2) is 56.1 Å². The summed E-state index contributed by atoms with van der Waals surface area (Å²) in [7, 11) is -33.8. The van der Waals surface area contributed by atoms with Crippen molar-refractivity contribution in [3.05, 3.63) is 0 Å². The van der Waals surface area contributed by atoms with Crippen LogP contribution in [0.1, 0.15) is 0 Å². The topological polar surface area (TPSA) is 826 Å². The van der Waals surface area contributed by atoms with E-state index in [0.29, 0.717) is 0 Å². The Bertz CT molecular complexity index is 3350. The average molecular weight is 1510 g/mol. The van der Waals surface area contributed by atoms with E-state index in [-0.39, 0.29) is 0 Å². The maximum atomic E-state index is 12.9. The summed E-state index contributed by atoms with van der Waals surface area (Å²) in [6.45, 7) is -4.92. The molecule has 548 valence electrons. The predicted octanol–water partition coefficient (Wildman–Crippen LogP) is -16.1. The predicted molar refractivity (Wildman–Crippen MR) is 269 cm³/mol. The lowest BCUT2D eigenvalue weighted by atomic mass is 9.94. The van der Waals surface area contributed by atoms with Gasteiger partial charge in [-0.3, -0.25) is 27.3 Å². The first-order chi connectivity index (χ1) is 42.9. The third-order valence-electron chi connectivity index (χ3n) is 13.9. The number of aliphatic hydroxyl groups excluding tert-OH is 11. The molecule has 6 aliphatic heterocycles. The van der Waals surface area contributed by atoms with Gasteiger partial charge in [-0.15, -0.1) is 0 Å². The van der Waals surface area contributed by atoms with E-state index in [4.69, 9.17) is 56.7 Å². The quantitative estimate of drug-likeness (QED) is 0.0324. The van der Waals surface area contributed by atoms with Crippen molar-refractivity contribution in [2.45, 2.75) is 184 Å². The standard InChI is InChI=1S/C36H59N3O49S6/c40-10-7(37-89(57,58)59)31(56)78-4(1-75-92(66,67)68)20(10)81-35-18(48)15(45)23(26(87-35)29(52)53)84-33-9(39-91(63,64)65)12(42)22(6(80-33)3-77-94(72,73)74)83-36-19(49)16(46)24(27(88-36)30(54)55)85-32-8(38-90(60,61)62)11(41)21(5(79-32)2-76-93(69,70)71)82-34-17(47)13(43)14(44)25(86-34)28(50)51/h4-27,31-49,56H,1-3H2,(H,50,51)(H,52,53)(H,54,55)(H,57,58,59)(H,60,61,62)(H,63,64,65)(H,66,67,68)(H,69,70,71)(H,72,73,74)/t4-,5-,6-,7-,8-,9-,10-,11-,12-,13+,14+,15-,16-,17-,18-,19-,20-,21-,22-,23+,24+,25+,26+,27-,31-,32+,33+,34+,35+,36-/m1/s1. The molecule has 23 N–H and O–H groups in total. The van der Waals surface area contributed by atoms with Crippen LogP contribution < -0.4 is 14.2 Å². The molecular formula is C36H59N3O49S6. The van der Waals surface area contributed by atoms with Crippen LogP contribution in [0, 0.1) is 0 Å². The molecule has 0 bridgehead atoms. The molecule has 6 fully saturated rings. The summed E-state index contributed by atoms with van der Waals surface area (Å²) < 4.78 is 274. The van der Waals surface area contributed by atoms with Crippen LogP contribution in [0.5, 0.6) is 0 Å². The van der Waals surface area contributed by atoms with Gasteiger partial charge < -0.3 is 124 Å². The Kier molecular flexibility index (Phi) is 26.0. The molecular weight excluding hydrogens is 1450 g/mol. The van der Waals surface area contributed by atoms with Gasteiger partial charge in [-0.1, -0.05) is 0 Å². The lowest BCUT2D eigenvalue weighted by molar-refractivity contribution is -0.378. The summed E-state index contributed by atoms with van der Waals surface area (Å²) >= 11 is 0. The van der Waals surface area contributed by atoms with Crippen LogP contribution in [0.3, 0.4) is 0 Å². The third-order valence-corrected chi connectivity index (χ3v) is 16.9. The summed E-state index contributed by atoms with van der Waals surface area (Å²) in [4.78, 5) is 37.5. The lowest BCUT2D eigenvalue weighted by Crippen LogP contribution is -2.71. The van der Waals surface area contributed by atoms with E-state index < -0.39 is 284 Å². The number of hydrogen-bond donors (Lipinski definition) is 23. The number of aliphatic hydroxyl groups is 11. The largest absolute Gasteiger partial charge is 0.479 e. The minimum Gasteiger partial charge on any atom is -0.479 e. The first-order valence-electron chi connectivity index (χ1n) is 25.3. The molecule has 0 aromatic heterocycles. The number of aliphatic carboxylic acids is 3. The Balaban J connectivity index is 1.30. The van der Waals surface area contributed by atoms with Crippen molar-refractivity contribution in [3.8, 4) is 0 Å². The first-order valence-corrected chi connectivity index (χ1v) is 33.8. The highest BCUT2D eigenvalue weighted by molar-refractivity contribution is 7.84. The van der Waals surface area contributed by atoms with Crippen LogP contribution in [-0.4, -0.2) is 371 Å². The fourth-order valence-corrected chi connectivity index (χ4v) is 12.5. The van der Waals surface area contributed by atoms with Gasteiger partial charge in [0.2, 0.25) is 0 Å². The van der Waals surface area contributed by atoms with Crippen LogP contribution in [0.15, 0.2) is 0 Å². The van der Waals surface area contributed by atoms with Gasteiger partial charge in [0.05, 0.1) is 19.8 Å². The van der Waals surface area contributed by atoms with Gasteiger partial charge in [0, 0.05) is 0 Å². The number of rotatable bonds is 28. The maximum Gasteiger partial charge on any atom is 0.397 e. The Morgan fingerprint density at radius 1 is 0.309 bits per heavy atom. The van der Waals surface area contributed by atoms with E-state index in [1.54, 1.807) is 0 Å². The lowest BCUT2D eigenvalue weighted by Gasteiger charge is -2.50. The van der Waals surface area contributed by atoms with Gasteiger partial charge in [0.1, 0.15) is 128 Å². The molecule has 6 heterocycles. The summed E-state index contributed by atoms with van der Waals surface area (Å²) in [5, 5.41) is 151. The van der Waals surface area contributed by atoms with Gasteiger partial charge >= 0.3 is 80.0 Å². The van der Waals surface area contributed by atoms with Crippen molar-refractivity contribution < 1.29 is 228 Å². The van der Waals surface area contributed by atoms with Crippen LogP contribution in [0.2, 0.25) is 0 Å². The van der Waals surface area contributed by atoms with E-state index in [2.05, 4.69) is 12.5 Å². The maximum absolute atomic E-state index is 12.9. The zero-order valence-corrected chi connectivity index (χ0v) is 50.6. The number of ether oxygens (including phenoxy) is 11. The second-order valence-corrected chi connectivity index (χ2v) is 27.2. The number of hydrogen-bond acceptors (Lipinski definition) is 40. The van der Waals surface area contributed by atoms with Crippen LogP contribution >= 0.6 is 0 Å². The molecule has 6 saturated heterocycles. The van der Waals surface area contributed by atoms with Gasteiger partial charge in [-0.05, 0) is 0 Å². The highest BCUT2D eigenvalue weighted by Crippen LogP contribution is 2.38. The minimum atomic E-state index is -5.85. The Morgan fingerprint density at radius 3 is 0.872 bits per heavy atom. The number of carbonyl (C=O) groups is 3. The molecule has 0 aliphatic carbocycles. The molecule has 52 nitrogen and oxygen atoms in total. The molecule has 58 heteroatoms. The van der Waals surface area contributed by atoms with Crippen molar-refractivity contribution in [1.82, 2.24) is 14.2 Å². The number of carboxylic acid groups (broad SMARTS) is 3. The molecule has 6 rings (SSSR count). The van der Waals surface area contributed by atoms with E-state index in [1.165, 1.54) is 14.2 Å². The average Bonchev–Trinajstić information content (AvgIpc) is 0.771. The summed E-state index contributed by atoms with van der Waals surface area (Å²) in [6, 6.07) is -8.01. The molecule has 0 spiro atoms. The Morgan fingerprint density at radius 2 is 0.574 bits per heavy atom. The summed E-state index contributed by atoms with van der Waals surface area (Å²) in [5.41, 5.74) is 0. The molecule has 0 aromatic carbocycles. The van der Waals surface area contributed by atoms with Crippen molar-refractivity contribution >= 4 is 80.0 Å². The van der Waals surface area contributed by atoms with E-state index >= 15 is 0 Å². The monoisotopic (exact) mass is 1510 g/mol. The van der Waals surface area contributed by atoms with E-state index in [1.807, 2.05) is 0 Å². The molecule has 0 saturated carbocycles. The smallest absolute Gasteiger partial charge is 0.397 e. The SMILES string of the molecule is O=C(O)[C@H]1O[C@H](O[C@H]2[C@H](O)[C@@H](NS(=O)(=O)O)[C@H](O[C@H]3[C@H](O)[C@@H](O)[C@H](O[C@H]4[C@H](O)[C@@H](NS(=O)(=O)O)[C@H](O[C@H]5[C@H](O)[C@@H](O)[C@@H](O[C@H]6[C@H](O)[C@@H](NS(=O)(=O)O)[C@H](O)O[C@@H]6COS(=O)(=O)O)O[C@@H]5C(=O)O)O[C@@H]4COS(=O)(=O)O)O[C@H]3C(=O)O)O[C@@H]2COS(=O)(=O)O)[C@H](O)[C@@H](O)[C@@H]1O. The fourth-order valence-electron chi connectivity index (χ4n) is 9.81. The zero-order valence-electron chi connectivity index (χ0n) is 45.7. The van der Waals surface area contributed by atoms with Crippen LogP contribution in [-0.2, 0) is 141 Å². The summed E-state index contributed by atoms with van der Waals surface area (Å²) in [6.07, 6.45) is -73.1. The Hall–Kier alpha value is -3.25. The highest BCUT2D eigenvalue weighted by Gasteiger charge is 2.61. The molecule has 0 radical (unpaired) electrons. The highest BCUT2D eigenvalue weighted by atomic mass is 32.3. The second kappa shape index (κ2) is 30.7. The molecule has 0 aromatic rings. The zero-order chi connectivity index (χ0) is 71.2. The van der Waals surface area contributed by atoms with Crippen LogP contribution in [0.25, 0.3) is 0 Å². The normalized spacial score (nSPS) is 42.4. The van der Waals surface area contributed by atoms with Crippen LogP contribution in [0.4, 0.5) is 0 Å². The second-order valence-electron chi connectivity index (χ2n) is 20.3. The fraction of sp³-hybridized carbons (Fsp3) is 0.917. The number of carboxylic acids is 3. The van der Waals surface area contributed by atoms with Crippen molar-refractivity contribution in [2.24, 2.45) is 0 Å². The van der Waals surface area contributed by atoms with Gasteiger partial charge in [0.25, 0.3) is 0 Å². The van der Waals surface area contributed by atoms with Crippen molar-refractivity contribution in [2.75, 3.05) is 19.8 Å². The molecule has 0 amide bonds. The van der Waals surface area contributed by atoms with Gasteiger partial charge in [-0.25, -0.2) is 26.9 Å². The van der Waals surface area contributed by atoms with E-state index in [9.17, 15) is 159 Å². The van der Waals surface area contributed by atoms with Crippen molar-refractivity contribution in [3.63, 3.8) is 0 Å².